The Morgan fingerprint density at radius 3 is 2.42 bits per heavy atom. The average Bonchev–Trinajstić information content (AvgIpc) is 3.54. The summed E-state index contributed by atoms with van der Waals surface area (Å²) in [6.45, 7) is 0. The second-order valence-corrected chi connectivity index (χ2v) is 15.5. The lowest BCUT2D eigenvalue weighted by Crippen LogP contribution is -2.41. The molecule has 4 heteroatoms. The van der Waals surface area contributed by atoms with Gasteiger partial charge in [0.1, 0.15) is 5.84 Å². The van der Waals surface area contributed by atoms with Crippen LogP contribution in [0.4, 0.5) is 5.69 Å². The lowest BCUT2D eigenvalue weighted by atomic mass is 9.83. The fourth-order valence-corrected chi connectivity index (χ4v) is 10.1. The maximum atomic E-state index is 5.53. The second-order valence-electron chi connectivity index (χ2n) is 15.5. The molecule has 3 heterocycles. The van der Waals surface area contributed by atoms with Gasteiger partial charge >= 0.3 is 0 Å². The molecule has 0 radical (unpaired) electrons. The van der Waals surface area contributed by atoms with E-state index in [-0.39, 0.29) is 12.1 Å². The molecular formula is C51H44N4. The lowest BCUT2D eigenvalue weighted by Gasteiger charge is -2.42. The number of fused-ring (bicyclic) bond motifs is 8. The number of amidine groups is 1. The van der Waals surface area contributed by atoms with Crippen LogP contribution >= 0.6 is 0 Å². The Kier molecular flexibility index (Phi) is 7.65. The number of likely N-dealkylation sites (N-methyl/N-ethyl adjacent to an activating group) is 1. The zero-order chi connectivity index (χ0) is 36.5. The number of para-hydroxylation sites is 1. The summed E-state index contributed by atoms with van der Waals surface area (Å²) >= 11 is 0. The van der Waals surface area contributed by atoms with Crippen molar-refractivity contribution in [3.8, 4) is 11.3 Å². The van der Waals surface area contributed by atoms with Gasteiger partial charge in [-0.2, -0.15) is 0 Å². The fraction of sp³-hybridized carbons (Fsp3) is 0.196. The van der Waals surface area contributed by atoms with E-state index in [0.29, 0.717) is 0 Å². The largest absolute Gasteiger partial charge is 0.349 e. The summed E-state index contributed by atoms with van der Waals surface area (Å²) in [6, 6.07) is 29.3. The van der Waals surface area contributed by atoms with E-state index < -0.39 is 0 Å². The first-order valence-electron chi connectivity index (χ1n) is 20.1. The van der Waals surface area contributed by atoms with Gasteiger partial charge in [-0.05, 0) is 68.2 Å². The van der Waals surface area contributed by atoms with Gasteiger partial charge in [0.15, 0.2) is 0 Å². The van der Waals surface area contributed by atoms with Crippen molar-refractivity contribution >= 4 is 40.1 Å². The second kappa shape index (κ2) is 13.0. The van der Waals surface area contributed by atoms with Crippen molar-refractivity contribution in [1.82, 2.24) is 9.47 Å². The Morgan fingerprint density at radius 1 is 0.727 bits per heavy atom. The summed E-state index contributed by atoms with van der Waals surface area (Å²) in [5, 5.41) is 0. The van der Waals surface area contributed by atoms with Crippen molar-refractivity contribution in [2.24, 2.45) is 4.99 Å². The molecule has 0 saturated carbocycles. The van der Waals surface area contributed by atoms with Gasteiger partial charge in [-0.15, -0.1) is 0 Å². The molecule has 55 heavy (non-hydrogen) atoms. The quantitative estimate of drug-likeness (QED) is 0.210. The van der Waals surface area contributed by atoms with Crippen LogP contribution in [0.2, 0.25) is 0 Å². The minimum Gasteiger partial charge on any atom is -0.349 e. The van der Waals surface area contributed by atoms with E-state index in [1.165, 1.54) is 73.0 Å². The molecular weight excluding hydrogens is 669 g/mol. The maximum absolute atomic E-state index is 5.53. The standard InChI is InChI=1S/C51H44N4/c1-53-43-28-14-12-26-41(43)49(34-18-4-2-5-19-34)52-51(53)38-32-33-47(37-23-9-8-22-36(37)38)55-45-30-16-11-25-40(45)48-39-24-10-15-29-44(39)54(35-20-6-3-7-21-35)50(48)42-27-13-17-31-46(42)55/h2-6,8-14,17-20,22-28,31-32,43,47H,7,15-16,21,29-30,33H2,1H3. The number of allylic oxidation sites excluding steroid dienone is 11. The van der Waals surface area contributed by atoms with Gasteiger partial charge in [-0.3, -0.25) is 0 Å². The predicted molar refractivity (Wildman–Crippen MR) is 230 cm³/mol. The Hall–Kier alpha value is -6.13. The first kappa shape index (κ1) is 32.3. The number of nitrogens with zero attached hydrogens (tertiary/aromatic N) is 4. The van der Waals surface area contributed by atoms with E-state index in [1.807, 2.05) is 0 Å². The molecule has 2 atom stereocenters. The third kappa shape index (κ3) is 5.00. The molecule has 268 valence electrons. The Bertz CT molecular complexity index is 2590. The smallest absolute Gasteiger partial charge is 0.137 e. The monoisotopic (exact) mass is 712 g/mol. The average molecular weight is 713 g/mol. The Balaban J connectivity index is 1.10. The van der Waals surface area contributed by atoms with Crippen LogP contribution in [0.1, 0.15) is 78.1 Å². The van der Waals surface area contributed by atoms with Gasteiger partial charge in [-0.25, -0.2) is 4.99 Å². The van der Waals surface area contributed by atoms with Crippen LogP contribution in [0.3, 0.4) is 0 Å². The van der Waals surface area contributed by atoms with Crippen LogP contribution in [0.5, 0.6) is 0 Å². The van der Waals surface area contributed by atoms with Crippen molar-refractivity contribution in [3.63, 3.8) is 0 Å². The van der Waals surface area contributed by atoms with E-state index in [9.17, 15) is 0 Å². The van der Waals surface area contributed by atoms with Crippen LogP contribution in [0, 0.1) is 0 Å². The van der Waals surface area contributed by atoms with Crippen LogP contribution in [-0.4, -0.2) is 28.4 Å². The fourth-order valence-electron chi connectivity index (χ4n) is 10.1. The summed E-state index contributed by atoms with van der Waals surface area (Å²) < 4.78 is 2.66. The van der Waals surface area contributed by atoms with Crippen LogP contribution < -0.4 is 4.90 Å². The third-order valence-electron chi connectivity index (χ3n) is 12.5. The molecule has 0 N–H and O–H groups in total. The van der Waals surface area contributed by atoms with Crippen LogP contribution in [0.15, 0.2) is 162 Å². The minimum atomic E-state index is 0.122. The van der Waals surface area contributed by atoms with Gasteiger partial charge < -0.3 is 14.4 Å². The zero-order valence-corrected chi connectivity index (χ0v) is 31.3. The highest BCUT2D eigenvalue weighted by Gasteiger charge is 2.40. The first-order chi connectivity index (χ1) is 27.3. The molecule has 0 saturated heterocycles. The highest BCUT2D eigenvalue weighted by Crippen LogP contribution is 2.54. The summed E-state index contributed by atoms with van der Waals surface area (Å²) in [5.41, 5.74) is 19.8. The number of anilines is 1. The van der Waals surface area contributed by atoms with E-state index in [2.05, 4.69) is 173 Å². The number of hydrogen-bond donors (Lipinski definition) is 0. The van der Waals surface area contributed by atoms with E-state index in [1.54, 1.807) is 0 Å². The Labute approximate surface area is 324 Å². The molecule has 0 fully saturated rings. The predicted octanol–water partition coefficient (Wildman–Crippen LogP) is 12.0. The highest BCUT2D eigenvalue weighted by molar-refractivity contribution is 6.25. The molecule has 0 bridgehead atoms. The molecule has 4 aromatic rings. The Morgan fingerprint density at radius 2 is 1.53 bits per heavy atom. The molecule has 5 aliphatic carbocycles. The lowest BCUT2D eigenvalue weighted by molar-refractivity contribution is 0.471. The van der Waals surface area contributed by atoms with E-state index in [4.69, 9.17) is 4.99 Å². The van der Waals surface area contributed by atoms with Gasteiger partial charge in [0.2, 0.25) is 0 Å². The third-order valence-corrected chi connectivity index (χ3v) is 12.5. The molecule has 1 aromatic heterocycles. The highest BCUT2D eigenvalue weighted by atomic mass is 15.2. The summed E-state index contributed by atoms with van der Waals surface area (Å²) in [5.74, 6) is 1.03. The molecule has 2 unspecified atom stereocenters. The topological polar surface area (TPSA) is 23.8 Å². The number of aromatic nitrogens is 1. The van der Waals surface area contributed by atoms with Gasteiger partial charge in [0.05, 0.1) is 29.2 Å². The van der Waals surface area contributed by atoms with Crippen LogP contribution in [0.25, 0.3) is 39.9 Å². The first-order valence-corrected chi connectivity index (χ1v) is 20.1. The number of aliphatic imine (C=N–C) groups is 1. The van der Waals surface area contributed by atoms with Crippen LogP contribution in [-0.2, 0) is 6.42 Å². The normalized spacial score (nSPS) is 21.9. The number of hydrogen-bond acceptors (Lipinski definition) is 3. The van der Waals surface area contributed by atoms with Crippen molar-refractivity contribution in [2.75, 3.05) is 11.9 Å². The van der Waals surface area contributed by atoms with Gasteiger partial charge in [0, 0.05) is 63.1 Å². The van der Waals surface area contributed by atoms with Crippen molar-refractivity contribution in [1.29, 1.82) is 0 Å². The van der Waals surface area contributed by atoms with Crippen molar-refractivity contribution < 1.29 is 0 Å². The molecule has 2 aliphatic heterocycles. The van der Waals surface area contributed by atoms with Crippen molar-refractivity contribution in [2.45, 2.75) is 57.0 Å². The molecule has 3 aromatic carbocycles. The zero-order valence-electron chi connectivity index (χ0n) is 31.3. The number of benzene rings is 3. The van der Waals surface area contributed by atoms with Crippen molar-refractivity contribution in [3.05, 3.63) is 190 Å². The minimum absolute atomic E-state index is 0.122. The van der Waals surface area contributed by atoms with E-state index in [0.717, 1.165) is 62.0 Å². The molecule has 7 aliphatic rings. The summed E-state index contributed by atoms with van der Waals surface area (Å²) in [6.07, 6.45) is 35.1. The van der Waals surface area contributed by atoms with Gasteiger partial charge in [-0.1, -0.05) is 140 Å². The van der Waals surface area contributed by atoms with Gasteiger partial charge in [0.25, 0.3) is 0 Å². The summed E-state index contributed by atoms with van der Waals surface area (Å²) in [4.78, 5) is 10.6. The summed E-state index contributed by atoms with van der Waals surface area (Å²) in [7, 11) is 2.21. The number of rotatable bonds is 4. The van der Waals surface area contributed by atoms with E-state index >= 15 is 0 Å². The molecule has 4 nitrogen and oxygen atoms in total. The maximum Gasteiger partial charge on any atom is 0.137 e. The molecule has 0 amide bonds. The molecule has 11 rings (SSSR count). The molecule has 0 spiro atoms. The SMILES string of the molecule is CN1C(C2=CCC(N3C4=C(C=CCC4)c4c5c(n(C6=CC=CCC6)c4-c4ccccc43)CCC=C5)c3ccccc32)=NC(c2ccccc2)=C2C=CC=CC21.